The van der Waals surface area contributed by atoms with E-state index in [0.29, 0.717) is 0 Å². The summed E-state index contributed by atoms with van der Waals surface area (Å²) in [6.07, 6.45) is 6.44. The Balaban J connectivity index is 2.09. The Morgan fingerprint density at radius 1 is 1.19 bits per heavy atom. The van der Waals surface area contributed by atoms with E-state index in [9.17, 15) is 0 Å². The zero-order valence-electron chi connectivity index (χ0n) is 12.0. The van der Waals surface area contributed by atoms with Crippen molar-refractivity contribution in [2.24, 2.45) is 5.84 Å². The van der Waals surface area contributed by atoms with Crippen LogP contribution in [0.4, 0.5) is 0 Å². The van der Waals surface area contributed by atoms with Crippen LogP contribution in [-0.2, 0) is 6.42 Å². The van der Waals surface area contributed by atoms with Gasteiger partial charge in [0.05, 0.1) is 11.6 Å². The molecule has 0 aliphatic heterocycles. The van der Waals surface area contributed by atoms with Gasteiger partial charge >= 0.3 is 0 Å². The lowest BCUT2D eigenvalue weighted by atomic mass is 9.94. The average Bonchev–Trinajstić information content (AvgIpc) is 2.56. The average molecular weight is 278 g/mol. The summed E-state index contributed by atoms with van der Waals surface area (Å²) in [6.45, 7) is 2.12. The standard InChI is InChI=1S/C17H18N4/c1-2-12-11-19-9-7-15(12)17(21-18)14-5-6-16-13(10-14)4-3-8-20-16/h3-11,17,21H,2,18H2,1H3. The highest BCUT2D eigenvalue weighted by molar-refractivity contribution is 5.79. The molecule has 0 amide bonds. The van der Waals surface area contributed by atoms with E-state index in [1.165, 1.54) is 11.1 Å². The minimum atomic E-state index is -0.0486. The highest BCUT2D eigenvalue weighted by Crippen LogP contribution is 2.26. The zero-order chi connectivity index (χ0) is 14.7. The van der Waals surface area contributed by atoms with E-state index < -0.39 is 0 Å². The minimum Gasteiger partial charge on any atom is -0.271 e. The number of nitrogens with zero attached hydrogens (tertiary/aromatic N) is 2. The van der Waals surface area contributed by atoms with Gasteiger partial charge in [0.15, 0.2) is 0 Å². The van der Waals surface area contributed by atoms with E-state index in [1.54, 1.807) is 12.4 Å². The van der Waals surface area contributed by atoms with Crippen LogP contribution in [0.1, 0.15) is 29.7 Å². The Morgan fingerprint density at radius 3 is 2.90 bits per heavy atom. The molecule has 0 fully saturated rings. The van der Waals surface area contributed by atoms with E-state index in [1.807, 2.05) is 24.4 Å². The molecule has 3 rings (SSSR count). The van der Waals surface area contributed by atoms with Gasteiger partial charge < -0.3 is 0 Å². The molecule has 0 aliphatic rings. The molecule has 0 bridgehead atoms. The van der Waals surface area contributed by atoms with Gasteiger partial charge in [-0.25, -0.2) is 5.43 Å². The largest absolute Gasteiger partial charge is 0.271 e. The van der Waals surface area contributed by atoms with Crippen molar-refractivity contribution >= 4 is 10.9 Å². The molecule has 0 spiro atoms. The summed E-state index contributed by atoms with van der Waals surface area (Å²) in [6, 6.07) is 12.2. The van der Waals surface area contributed by atoms with Crippen molar-refractivity contribution in [2.45, 2.75) is 19.4 Å². The molecule has 106 valence electrons. The number of hydrazine groups is 1. The Labute approximate surface area is 124 Å². The molecule has 4 nitrogen and oxygen atoms in total. The van der Waals surface area contributed by atoms with E-state index >= 15 is 0 Å². The van der Waals surface area contributed by atoms with Crippen LogP contribution in [0.3, 0.4) is 0 Å². The van der Waals surface area contributed by atoms with Crippen molar-refractivity contribution in [3.05, 3.63) is 71.7 Å². The van der Waals surface area contributed by atoms with Crippen LogP contribution in [-0.4, -0.2) is 9.97 Å². The van der Waals surface area contributed by atoms with Crippen LogP contribution in [0, 0.1) is 0 Å². The monoisotopic (exact) mass is 278 g/mol. The molecule has 2 heterocycles. The highest BCUT2D eigenvalue weighted by Gasteiger charge is 2.15. The summed E-state index contributed by atoms with van der Waals surface area (Å²) in [5, 5.41) is 1.11. The van der Waals surface area contributed by atoms with Crippen molar-refractivity contribution in [1.82, 2.24) is 15.4 Å². The van der Waals surface area contributed by atoms with Gasteiger partial charge in [0.1, 0.15) is 0 Å². The number of benzene rings is 1. The third kappa shape index (κ3) is 2.63. The molecule has 0 saturated heterocycles. The molecule has 4 heteroatoms. The Morgan fingerprint density at radius 2 is 2.10 bits per heavy atom. The fourth-order valence-electron chi connectivity index (χ4n) is 2.65. The lowest BCUT2D eigenvalue weighted by Gasteiger charge is -2.20. The predicted molar refractivity (Wildman–Crippen MR) is 84.5 cm³/mol. The van der Waals surface area contributed by atoms with Crippen molar-refractivity contribution in [1.29, 1.82) is 0 Å². The Hall–Kier alpha value is -2.30. The van der Waals surface area contributed by atoms with E-state index in [-0.39, 0.29) is 6.04 Å². The number of aromatic nitrogens is 2. The topological polar surface area (TPSA) is 63.8 Å². The second-order valence-electron chi connectivity index (χ2n) is 4.98. The zero-order valence-corrected chi connectivity index (χ0v) is 12.0. The molecule has 21 heavy (non-hydrogen) atoms. The molecule has 2 aromatic heterocycles. The molecule has 0 radical (unpaired) electrons. The first-order valence-electron chi connectivity index (χ1n) is 7.07. The molecule has 1 atom stereocenters. The number of rotatable bonds is 4. The third-order valence-corrected chi connectivity index (χ3v) is 3.76. The fraction of sp³-hybridized carbons (Fsp3) is 0.176. The number of nitrogens with two attached hydrogens (primary N) is 1. The molecule has 3 aromatic rings. The Kier molecular flexibility index (Phi) is 3.90. The molecule has 1 aromatic carbocycles. The lowest BCUT2D eigenvalue weighted by Crippen LogP contribution is -2.29. The van der Waals surface area contributed by atoms with E-state index in [4.69, 9.17) is 5.84 Å². The quantitative estimate of drug-likeness (QED) is 0.569. The maximum atomic E-state index is 5.82. The summed E-state index contributed by atoms with van der Waals surface area (Å²) in [4.78, 5) is 8.55. The van der Waals surface area contributed by atoms with Gasteiger partial charge in [0.2, 0.25) is 0 Å². The lowest BCUT2D eigenvalue weighted by molar-refractivity contribution is 0.631. The number of nitrogens with one attached hydrogen (secondary N) is 1. The van der Waals surface area contributed by atoms with Crippen molar-refractivity contribution in [3.8, 4) is 0 Å². The summed E-state index contributed by atoms with van der Waals surface area (Å²) in [7, 11) is 0. The fourth-order valence-corrected chi connectivity index (χ4v) is 2.65. The summed E-state index contributed by atoms with van der Waals surface area (Å²) in [5.74, 6) is 5.82. The second kappa shape index (κ2) is 5.99. The number of aryl methyl sites for hydroxylation is 1. The molecule has 0 saturated carbocycles. The van der Waals surface area contributed by atoms with Crippen LogP contribution in [0.25, 0.3) is 10.9 Å². The summed E-state index contributed by atoms with van der Waals surface area (Å²) >= 11 is 0. The second-order valence-corrected chi connectivity index (χ2v) is 4.98. The maximum absolute atomic E-state index is 5.82. The molecular weight excluding hydrogens is 260 g/mol. The molecular formula is C17H18N4. The molecule has 0 aliphatic carbocycles. The van der Waals surface area contributed by atoms with Gasteiger partial charge in [0.25, 0.3) is 0 Å². The van der Waals surface area contributed by atoms with Gasteiger partial charge in [-0.2, -0.15) is 0 Å². The Bertz CT molecular complexity index is 754. The van der Waals surface area contributed by atoms with Gasteiger partial charge in [-0.3, -0.25) is 15.8 Å². The first-order valence-corrected chi connectivity index (χ1v) is 7.07. The van der Waals surface area contributed by atoms with Crippen molar-refractivity contribution < 1.29 is 0 Å². The SMILES string of the molecule is CCc1cnccc1C(NN)c1ccc2ncccc2c1. The van der Waals surface area contributed by atoms with Crippen molar-refractivity contribution in [2.75, 3.05) is 0 Å². The van der Waals surface area contributed by atoms with Gasteiger partial charge in [-0.15, -0.1) is 0 Å². The first kappa shape index (κ1) is 13.7. The van der Waals surface area contributed by atoms with Gasteiger partial charge in [-0.05, 0) is 47.4 Å². The number of pyridine rings is 2. The number of fused-ring (bicyclic) bond motifs is 1. The molecule has 3 N–H and O–H groups in total. The summed E-state index contributed by atoms with van der Waals surface area (Å²) in [5.41, 5.74) is 7.40. The predicted octanol–water partition coefficient (Wildman–Crippen LogP) is 2.74. The number of hydrogen-bond donors (Lipinski definition) is 2. The smallest absolute Gasteiger partial charge is 0.0714 e. The van der Waals surface area contributed by atoms with Crippen molar-refractivity contribution in [3.63, 3.8) is 0 Å². The van der Waals surface area contributed by atoms with Crippen LogP contribution in [0.2, 0.25) is 0 Å². The maximum Gasteiger partial charge on any atom is 0.0714 e. The minimum absolute atomic E-state index is 0.0486. The van der Waals surface area contributed by atoms with E-state index in [2.05, 4.69) is 40.5 Å². The van der Waals surface area contributed by atoms with Crippen LogP contribution in [0.5, 0.6) is 0 Å². The van der Waals surface area contributed by atoms with Crippen LogP contribution in [0.15, 0.2) is 55.0 Å². The normalized spacial score (nSPS) is 12.5. The van der Waals surface area contributed by atoms with Gasteiger partial charge in [0, 0.05) is 24.0 Å². The molecule has 1 unspecified atom stereocenters. The highest BCUT2D eigenvalue weighted by atomic mass is 15.2. The van der Waals surface area contributed by atoms with Gasteiger partial charge in [-0.1, -0.05) is 19.1 Å². The summed E-state index contributed by atoms with van der Waals surface area (Å²) < 4.78 is 0. The van der Waals surface area contributed by atoms with Crippen LogP contribution < -0.4 is 11.3 Å². The first-order chi connectivity index (χ1) is 10.3. The van der Waals surface area contributed by atoms with E-state index in [0.717, 1.165) is 22.9 Å². The van der Waals surface area contributed by atoms with Crippen LogP contribution >= 0.6 is 0 Å². The third-order valence-electron chi connectivity index (χ3n) is 3.76. The number of hydrogen-bond acceptors (Lipinski definition) is 4.